The van der Waals surface area contributed by atoms with E-state index in [0.29, 0.717) is 18.0 Å². The number of nitrogens with one attached hydrogen (secondary N) is 1. The van der Waals surface area contributed by atoms with Crippen molar-refractivity contribution < 1.29 is 13.2 Å². The summed E-state index contributed by atoms with van der Waals surface area (Å²) in [5.41, 5.74) is 2.33. The number of aryl methyl sites for hydroxylation is 1. The molecule has 3 rings (SSSR count). The molecule has 120 valence electrons. The molecule has 0 aromatic heterocycles. The summed E-state index contributed by atoms with van der Waals surface area (Å²) in [6, 6.07) is 5.70. The number of nitrogens with zero attached hydrogens (tertiary/aromatic N) is 2. The first-order valence-corrected chi connectivity index (χ1v) is 9.59. The maximum atomic E-state index is 12.3. The number of hydrogen-bond acceptors (Lipinski definition) is 4. The minimum absolute atomic E-state index is 0.0497. The molecular formula is C15H14IN3O3S. The lowest BCUT2D eigenvalue weighted by Gasteiger charge is -2.26. The molecule has 1 amide bonds. The highest BCUT2D eigenvalue weighted by Crippen LogP contribution is 2.20. The molecule has 2 aliphatic heterocycles. The van der Waals surface area contributed by atoms with Gasteiger partial charge in [-0.1, -0.05) is 6.07 Å². The third kappa shape index (κ3) is 3.63. The molecule has 23 heavy (non-hydrogen) atoms. The Bertz CT molecular complexity index is 872. The first-order valence-electron chi connectivity index (χ1n) is 6.91. The number of halogens is 1. The molecule has 1 N–H and O–H groups in total. The quantitative estimate of drug-likeness (QED) is 0.710. The molecule has 2 heterocycles. The number of carbonyl (C=O) groups excluding carboxylic acids is 1. The molecule has 0 aliphatic carbocycles. The predicted molar refractivity (Wildman–Crippen MR) is 97.7 cm³/mol. The molecule has 0 saturated heterocycles. The number of amidine groups is 1. The Hall–Kier alpha value is -1.68. The van der Waals surface area contributed by atoms with Gasteiger partial charge in [0, 0.05) is 22.0 Å². The van der Waals surface area contributed by atoms with Gasteiger partial charge in [0.2, 0.25) is 0 Å². The second-order valence-corrected chi connectivity index (χ2v) is 8.18. The first kappa shape index (κ1) is 16.2. The van der Waals surface area contributed by atoms with E-state index < -0.39 is 10.0 Å². The van der Waals surface area contributed by atoms with E-state index in [1.807, 2.05) is 25.1 Å². The number of amides is 1. The van der Waals surface area contributed by atoms with Crippen molar-refractivity contribution in [3.05, 3.63) is 51.3 Å². The van der Waals surface area contributed by atoms with Crippen LogP contribution in [0.3, 0.4) is 0 Å². The van der Waals surface area contributed by atoms with Crippen molar-refractivity contribution in [3.63, 3.8) is 0 Å². The van der Waals surface area contributed by atoms with Crippen molar-refractivity contribution >= 4 is 50.0 Å². The van der Waals surface area contributed by atoms with E-state index in [-0.39, 0.29) is 11.7 Å². The number of rotatable bonds is 2. The van der Waals surface area contributed by atoms with Crippen LogP contribution in [0.4, 0.5) is 5.69 Å². The maximum absolute atomic E-state index is 12.3. The average molecular weight is 443 g/mol. The summed E-state index contributed by atoms with van der Waals surface area (Å²) in [5, 5.41) is 2.84. The molecule has 0 radical (unpaired) electrons. The summed E-state index contributed by atoms with van der Waals surface area (Å²) in [6.45, 7) is 2.30. The number of carbonyl (C=O) groups is 1. The van der Waals surface area contributed by atoms with Gasteiger partial charge in [0.05, 0.1) is 11.3 Å². The molecule has 0 atom stereocenters. The Morgan fingerprint density at radius 3 is 2.87 bits per heavy atom. The molecular weight excluding hydrogens is 429 g/mol. The van der Waals surface area contributed by atoms with Crippen LogP contribution in [0.25, 0.3) is 0 Å². The van der Waals surface area contributed by atoms with E-state index in [4.69, 9.17) is 0 Å². The van der Waals surface area contributed by atoms with Gasteiger partial charge in [0.15, 0.2) is 0 Å². The minimum atomic E-state index is -3.38. The van der Waals surface area contributed by atoms with E-state index in [9.17, 15) is 13.2 Å². The van der Waals surface area contributed by atoms with Crippen LogP contribution in [0.5, 0.6) is 0 Å². The molecule has 0 unspecified atom stereocenters. The molecule has 8 heteroatoms. The summed E-state index contributed by atoms with van der Waals surface area (Å²) in [4.78, 5) is 14.0. The van der Waals surface area contributed by atoms with Crippen LogP contribution in [0, 0.1) is 10.5 Å². The Balaban J connectivity index is 1.78. The third-order valence-corrected chi connectivity index (χ3v) is 5.84. The van der Waals surface area contributed by atoms with Crippen molar-refractivity contribution in [1.82, 2.24) is 4.90 Å². The Kier molecular flexibility index (Phi) is 4.28. The topological polar surface area (TPSA) is 78.8 Å². The van der Waals surface area contributed by atoms with Gasteiger partial charge in [-0.2, -0.15) is 0 Å². The van der Waals surface area contributed by atoms with E-state index in [1.54, 1.807) is 23.3 Å². The molecule has 0 fully saturated rings. The highest BCUT2D eigenvalue weighted by Gasteiger charge is 2.24. The van der Waals surface area contributed by atoms with Gasteiger partial charge in [0.25, 0.3) is 15.9 Å². The van der Waals surface area contributed by atoms with Gasteiger partial charge >= 0.3 is 0 Å². The molecule has 0 saturated carbocycles. The van der Waals surface area contributed by atoms with E-state index in [2.05, 4.69) is 32.3 Å². The van der Waals surface area contributed by atoms with Crippen LogP contribution >= 0.6 is 22.6 Å². The van der Waals surface area contributed by atoms with E-state index >= 15 is 0 Å². The molecule has 1 aromatic rings. The van der Waals surface area contributed by atoms with Gasteiger partial charge in [-0.3, -0.25) is 4.79 Å². The van der Waals surface area contributed by atoms with Gasteiger partial charge < -0.3 is 10.2 Å². The van der Waals surface area contributed by atoms with Gasteiger partial charge in [-0.15, -0.1) is 4.40 Å². The maximum Gasteiger partial charge on any atom is 0.257 e. The molecule has 0 spiro atoms. The van der Waals surface area contributed by atoms with E-state index in [0.717, 1.165) is 14.8 Å². The Labute approximate surface area is 148 Å². The Morgan fingerprint density at radius 1 is 1.35 bits per heavy atom. The van der Waals surface area contributed by atoms with Crippen LogP contribution in [-0.2, 0) is 14.8 Å². The van der Waals surface area contributed by atoms with Crippen molar-refractivity contribution in [1.29, 1.82) is 0 Å². The second-order valence-electron chi connectivity index (χ2n) is 5.26. The van der Waals surface area contributed by atoms with Crippen molar-refractivity contribution in [3.8, 4) is 0 Å². The van der Waals surface area contributed by atoms with Crippen LogP contribution in [-0.4, -0.2) is 37.4 Å². The van der Waals surface area contributed by atoms with Crippen molar-refractivity contribution in [2.24, 2.45) is 4.40 Å². The summed E-state index contributed by atoms with van der Waals surface area (Å²) < 4.78 is 27.7. The summed E-state index contributed by atoms with van der Waals surface area (Å²) in [6.07, 6.45) is 4.75. The summed E-state index contributed by atoms with van der Waals surface area (Å²) >= 11 is 2.22. The summed E-state index contributed by atoms with van der Waals surface area (Å²) in [5.74, 6) is 0.0531. The van der Waals surface area contributed by atoms with Crippen LogP contribution in [0.1, 0.15) is 5.56 Å². The number of sulfonamides is 1. The molecule has 0 bridgehead atoms. The standard InChI is InChI=1S/C15H14IN3O3S/c1-10-2-4-12(8-13(10)16)17-15(20)11-3-5-14-18-23(21,22)7-6-19(14)9-11/h2-5,8-9H,6-7H2,1H3,(H,17,20). The molecule has 6 nitrogen and oxygen atoms in total. The van der Waals surface area contributed by atoms with Crippen molar-refractivity contribution in [2.45, 2.75) is 6.92 Å². The van der Waals surface area contributed by atoms with Gasteiger partial charge in [-0.05, 0) is 59.4 Å². The second kappa shape index (κ2) is 6.08. The minimum Gasteiger partial charge on any atom is -0.330 e. The summed E-state index contributed by atoms with van der Waals surface area (Å²) in [7, 11) is -3.38. The first-order chi connectivity index (χ1) is 10.8. The van der Waals surface area contributed by atoms with Crippen molar-refractivity contribution in [2.75, 3.05) is 17.6 Å². The Morgan fingerprint density at radius 2 is 2.13 bits per heavy atom. The fraction of sp³-hybridized carbons (Fsp3) is 0.200. The lowest BCUT2D eigenvalue weighted by molar-refractivity contribution is -0.112. The zero-order chi connectivity index (χ0) is 16.6. The van der Waals surface area contributed by atoms with Gasteiger partial charge in [0.1, 0.15) is 5.84 Å². The average Bonchev–Trinajstić information content (AvgIpc) is 2.49. The normalized spacial score (nSPS) is 18.8. The SMILES string of the molecule is Cc1ccc(NC(=O)C2=CN3CCS(=O)(=O)N=C3C=C2)cc1I. The number of anilines is 1. The highest BCUT2D eigenvalue weighted by atomic mass is 127. The monoisotopic (exact) mass is 443 g/mol. The lowest BCUT2D eigenvalue weighted by atomic mass is 10.1. The smallest absolute Gasteiger partial charge is 0.257 e. The largest absolute Gasteiger partial charge is 0.330 e. The lowest BCUT2D eigenvalue weighted by Crippen LogP contribution is -2.37. The number of hydrogen-bond donors (Lipinski definition) is 1. The van der Waals surface area contributed by atoms with E-state index in [1.165, 1.54) is 0 Å². The molecule has 2 aliphatic rings. The zero-order valence-corrected chi connectivity index (χ0v) is 15.3. The fourth-order valence-electron chi connectivity index (χ4n) is 2.21. The zero-order valence-electron chi connectivity index (χ0n) is 12.3. The van der Waals surface area contributed by atoms with Crippen LogP contribution < -0.4 is 5.32 Å². The number of fused-ring (bicyclic) bond motifs is 1. The van der Waals surface area contributed by atoms with Crippen LogP contribution in [0.15, 0.2) is 46.5 Å². The third-order valence-electron chi connectivity index (χ3n) is 3.52. The fourth-order valence-corrected chi connectivity index (χ4v) is 3.69. The van der Waals surface area contributed by atoms with Gasteiger partial charge in [-0.25, -0.2) is 8.42 Å². The highest BCUT2D eigenvalue weighted by molar-refractivity contribution is 14.1. The van der Waals surface area contributed by atoms with Crippen LogP contribution in [0.2, 0.25) is 0 Å². The number of benzene rings is 1. The molecule has 1 aromatic carbocycles. The predicted octanol–water partition coefficient (Wildman–Crippen LogP) is 2.04.